The van der Waals surface area contributed by atoms with Crippen LogP contribution in [0.3, 0.4) is 0 Å². The Morgan fingerprint density at radius 2 is 1.76 bits per heavy atom. The van der Waals surface area contributed by atoms with Crippen LogP contribution in [0.5, 0.6) is 0 Å². The summed E-state index contributed by atoms with van der Waals surface area (Å²) < 4.78 is 10.1. The smallest absolute Gasteiger partial charge is 0.333 e. The fraction of sp³-hybridized carbons (Fsp3) is 0.862. The van der Waals surface area contributed by atoms with Crippen LogP contribution in [0.25, 0.3) is 0 Å². The lowest BCUT2D eigenvalue weighted by Crippen LogP contribution is -2.50. The molecule has 0 aromatic rings. The monoisotopic (exact) mass is 460 g/mol. The van der Waals surface area contributed by atoms with Gasteiger partial charge in [0.2, 0.25) is 0 Å². The lowest BCUT2D eigenvalue weighted by atomic mass is 9.48. The highest BCUT2D eigenvalue weighted by Crippen LogP contribution is 2.66. The van der Waals surface area contributed by atoms with Crippen LogP contribution in [0.4, 0.5) is 0 Å². The van der Waals surface area contributed by atoms with Gasteiger partial charge in [-0.25, -0.2) is 4.79 Å². The Hall–Kier alpha value is -1.32. The van der Waals surface area contributed by atoms with E-state index in [2.05, 4.69) is 40.7 Å². The largest absolute Gasteiger partial charge is 0.469 e. The van der Waals surface area contributed by atoms with E-state index in [4.69, 9.17) is 9.47 Å². The van der Waals surface area contributed by atoms with Crippen molar-refractivity contribution in [2.45, 2.75) is 98.8 Å². The molecule has 3 aliphatic carbocycles. The maximum Gasteiger partial charge on any atom is 0.333 e. The Morgan fingerprint density at radius 3 is 2.39 bits per heavy atom. The molecule has 4 heteroatoms. The predicted molar refractivity (Wildman–Crippen MR) is 132 cm³/mol. The molecule has 3 rings (SSSR count). The molecule has 0 spiro atoms. The van der Waals surface area contributed by atoms with Crippen LogP contribution in [0, 0.1) is 46.3 Å². The van der Waals surface area contributed by atoms with Crippen LogP contribution in [0.15, 0.2) is 11.6 Å². The van der Waals surface area contributed by atoms with Crippen LogP contribution < -0.4 is 0 Å². The fourth-order valence-corrected chi connectivity index (χ4v) is 8.33. The van der Waals surface area contributed by atoms with Crippen LogP contribution in [-0.2, 0) is 19.1 Å². The molecule has 2 saturated carbocycles. The summed E-state index contributed by atoms with van der Waals surface area (Å²) in [5, 5.41) is 0. The zero-order valence-electron chi connectivity index (χ0n) is 22.2. The molecular weight excluding hydrogens is 412 g/mol. The topological polar surface area (TPSA) is 52.6 Å². The number of methoxy groups -OCH3 is 2. The summed E-state index contributed by atoms with van der Waals surface area (Å²) in [6.07, 6.45) is 13.2. The summed E-state index contributed by atoms with van der Waals surface area (Å²) in [5.41, 5.74) is 0.862. The van der Waals surface area contributed by atoms with E-state index in [1.165, 1.54) is 52.7 Å². The Balaban J connectivity index is 1.82. The molecule has 0 aromatic heterocycles. The van der Waals surface area contributed by atoms with Gasteiger partial charge in [-0.3, -0.25) is 4.79 Å². The first-order chi connectivity index (χ1) is 15.6. The molecule has 0 aromatic carbocycles. The van der Waals surface area contributed by atoms with E-state index in [1.807, 2.05) is 0 Å². The third-order valence-electron chi connectivity index (χ3n) is 10.1. The van der Waals surface area contributed by atoms with E-state index in [-0.39, 0.29) is 17.4 Å². The maximum atomic E-state index is 12.7. The van der Waals surface area contributed by atoms with Gasteiger partial charge in [0.25, 0.3) is 0 Å². The molecule has 0 bridgehead atoms. The molecule has 2 fully saturated rings. The van der Waals surface area contributed by atoms with Gasteiger partial charge in [0.05, 0.1) is 14.2 Å². The highest BCUT2D eigenvalue weighted by Gasteiger charge is 2.59. The van der Waals surface area contributed by atoms with Gasteiger partial charge in [-0.05, 0) is 79.4 Å². The van der Waals surface area contributed by atoms with Crippen LogP contribution >= 0.6 is 0 Å². The number of ether oxygens (including phenoxy) is 2. The van der Waals surface area contributed by atoms with Crippen molar-refractivity contribution in [3.8, 4) is 0 Å². The summed E-state index contributed by atoms with van der Waals surface area (Å²) in [5.74, 6) is 3.69. The number of fused-ring (bicyclic) bond motifs is 3. The quantitative estimate of drug-likeness (QED) is 0.349. The molecule has 33 heavy (non-hydrogen) atoms. The van der Waals surface area contributed by atoms with Gasteiger partial charge in [-0.2, -0.15) is 0 Å². The SMILES string of the molecule is COC(=O)CC[C@@]1(C)C(C(=O)OC)=CCC2C3CCC([C@H](C)CCCC(C)C)[C@@]3(C)CCC21. The van der Waals surface area contributed by atoms with E-state index in [0.29, 0.717) is 36.0 Å². The number of esters is 2. The van der Waals surface area contributed by atoms with Gasteiger partial charge in [0.15, 0.2) is 0 Å². The molecule has 3 aliphatic rings. The van der Waals surface area contributed by atoms with Gasteiger partial charge < -0.3 is 9.47 Å². The average Bonchev–Trinajstić information content (AvgIpc) is 3.14. The number of rotatable bonds is 9. The lowest BCUT2D eigenvalue weighted by molar-refractivity contribution is -0.144. The molecular formula is C29H48O4. The zero-order valence-corrected chi connectivity index (χ0v) is 22.2. The summed E-state index contributed by atoms with van der Waals surface area (Å²) in [6, 6.07) is 0. The highest BCUT2D eigenvalue weighted by molar-refractivity contribution is 5.90. The number of hydrogen-bond acceptors (Lipinski definition) is 4. The van der Waals surface area contributed by atoms with Crippen LogP contribution in [0.2, 0.25) is 0 Å². The Morgan fingerprint density at radius 1 is 1.03 bits per heavy atom. The molecule has 0 saturated heterocycles. The summed E-state index contributed by atoms with van der Waals surface area (Å²) >= 11 is 0. The summed E-state index contributed by atoms with van der Waals surface area (Å²) in [6.45, 7) is 11.9. The molecule has 0 amide bonds. The third kappa shape index (κ3) is 5.05. The molecule has 4 nitrogen and oxygen atoms in total. The number of allylic oxidation sites excluding steroid dienone is 1. The van der Waals surface area contributed by atoms with E-state index in [9.17, 15) is 9.59 Å². The molecule has 0 aliphatic heterocycles. The number of hydrogen-bond donors (Lipinski definition) is 0. The molecule has 0 heterocycles. The third-order valence-corrected chi connectivity index (χ3v) is 10.1. The van der Waals surface area contributed by atoms with Crippen molar-refractivity contribution in [3.63, 3.8) is 0 Å². The lowest BCUT2D eigenvalue weighted by Gasteiger charge is -2.56. The minimum Gasteiger partial charge on any atom is -0.469 e. The van der Waals surface area contributed by atoms with Crippen LogP contribution in [0.1, 0.15) is 98.8 Å². The molecule has 188 valence electrons. The number of carbonyl (C=O) groups is 2. The van der Waals surface area contributed by atoms with Crippen molar-refractivity contribution in [1.82, 2.24) is 0 Å². The minimum atomic E-state index is -0.327. The number of carbonyl (C=O) groups excluding carboxylic acids is 2. The van der Waals surface area contributed by atoms with Gasteiger partial charge in [0, 0.05) is 17.4 Å². The molecule has 0 N–H and O–H groups in total. The maximum absolute atomic E-state index is 12.7. The Bertz CT molecular complexity index is 740. The van der Waals surface area contributed by atoms with Crippen molar-refractivity contribution >= 4 is 11.9 Å². The zero-order chi connectivity index (χ0) is 24.4. The first-order valence-corrected chi connectivity index (χ1v) is 13.4. The fourth-order valence-electron chi connectivity index (χ4n) is 8.33. The van der Waals surface area contributed by atoms with Gasteiger partial charge >= 0.3 is 11.9 Å². The van der Waals surface area contributed by atoms with E-state index >= 15 is 0 Å². The van der Waals surface area contributed by atoms with E-state index in [0.717, 1.165) is 36.2 Å². The van der Waals surface area contributed by atoms with Crippen molar-refractivity contribution < 1.29 is 19.1 Å². The molecule has 4 unspecified atom stereocenters. The Labute approximate surface area is 202 Å². The van der Waals surface area contributed by atoms with Crippen LogP contribution in [-0.4, -0.2) is 26.2 Å². The van der Waals surface area contributed by atoms with Crippen molar-refractivity contribution in [2.75, 3.05) is 14.2 Å². The minimum absolute atomic E-state index is 0.195. The van der Waals surface area contributed by atoms with Gasteiger partial charge in [-0.1, -0.05) is 60.0 Å². The second kappa shape index (κ2) is 10.5. The molecule has 0 radical (unpaired) electrons. The standard InChI is InChI=1S/C29H48O4/c1-19(2)9-8-10-20(3)22-13-14-23-21-11-12-25(27(31)33-7)29(5,18-16-26(30)32-6)24(21)15-17-28(22,23)4/h12,19-24H,8-11,13-18H2,1-7H3/t20-,21?,22?,23?,24?,28-,29-/m1/s1. The normalized spacial score (nSPS) is 36.5. The van der Waals surface area contributed by atoms with Crippen molar-refractivity contribution in [1.29, 1.82) is 0 Å². The van der Waals surface area contributed by atoms with Gasteiger partial charge in [0.1, 0.15) is 0 Å². The molecule has 7 atom stereocenters. The van der Waals surface area contributed by atoms with E-state index < -0.39 is 0 Å². The van der Waals surface area contributed by atoms with Crippen molar-refractivity contribution in [3.05, 3.63) is 11.6 Å². The average molecular weight is 461 g/mol. The van der Waals surface area contributed by atoms with Gasteiger partial charge in [-0.15, -0.1) is 0 Å². The first kappa shape index (κ1) is 26.3. The first-order valence-electron chi connectivity index (χ1n) is 13.4. The Kier molecular flexibility index (Phi) is 8.38. The van der Waals surface area contributed by atoms with E-state index in [1.54, 1.807) is 0 Å². The second-order valence-corrected chi connectivity index (χ2v) is 12.2. The second-order valence-electron chi connectivity index (χ2n) is 12.2. The summed E-state index contributed by atoms with van der Waals surface area (Å²) in [7, 11) is 2.91. The predicted octanol–water partition coefficient (Wildman–Crippen LogP) is 6.97. The summed E-state index contributed by atoms with van der Waals surface area (Å²) in [4.78, 5) is 24.8. The highest BCUT2D eigenvalue weighted by atomic mass is 16.5. The van der Waals surface area contributed by atoms with Crippen molar-refractivity contribution in [2.24, 2.45) is 46.3 Å².